The molecule has 0 aliphatic heterocycles. The van der Waals surface area contributed by atoms with Crippen LogP contribution < -0.4 is 11.2 Å². The quantitative estimate of drug-likeness (QED) is 0.0405. The lowest BCUT2D eigenvalue weighted by atomic mass is 9.94. The Morgan fingerprint density at radius 3 is 1.71 bits per heavy atom. The summed E-state index contributed by atoms with van der Waals surface area (Å²) in [5.74, 6) is -0.866. The van der Waals surface area contributed by atoms with Crippen LogP contribution in [0.15, 0.2) is 149 Å². The van der Waals surface area contributed by atoms with E-state index in [4.69, 9.17) is 5.73 Å². The first-order chi connectivity index (χ1) is 26.5. The summed E-state index contributed by atoms with van der Waals surface area (Å²) in [4.78, 5) is 11.7. The second-order valence-corrected chi connectivity index (χ2v) is 16.3. The van der Waals surface area contributed by atoms with Gasteiger partial charge in [0, 0.05) is 32.8 Å². The molecule has 7 rings (SSSR count). The van der Waals surface area contributed by atoms with Gasteiger partial charge in [0.1, 0.15) is 4.91 Å². The number of anilines is 2. The summed E-state index contributed by atoms with van der Waals surface area (Å²) in [6.07, 6.45) is 1.06. The van der Waals surface area contributed by atoms with E-state index in [1.165, 1.54) is 60.7 Å². The number of nitrogens with one attached hydrogen (secondary N) is 1. The third-order valence-electron chi connectivity index (χ3n) is 8.42. The van der Waals surface area contributed by atoms with Crippen molar-refractivity contribution in [3.05, 3.63) is 125 Å². The maximum absolute atomic E-state index is 13.4. The number of benzene rings is 6. The van der Waals surface area contributed by atoms with E-state index in [2.05, 4.69) is 31.0 Å². The van der Waals surface area contributed by atoms with Gasteiger partial charge in [0.15, 0.2) is 5.71 Å². The fourth-order valence-electron chi connectivity index (χ4n) is 5.77. The number of fused-ring (bicyclic) bond motifs is 3. The van der Waals surface area contributed by atoms with Gasteiger partial charge < -0.3 is 5.73 Å². The molecule has 0 aromatic heterocycles. The number of hydrogen-bond acceptors (Lipinski definition) is 14. The van der Waals surface area contributed by atoms with E-state index >= 15 is 0 Å². The van der Waals surface area contributed by atoms with Crippen LogP contribution in [0.2, 0.25) is 0 Å². The van der Waals surface area contributed by atoms with Gasteiger partial charge in [-0.2, -0.15) is 35.5 Å². The summed E-state index contributed by atoms with van der Waals surface area (Å²) in [7, 11) is -14.3. The van der Waals surface area contributed by atoms with Crippen molar-refractivity contribution in [3.63, 3.8) is 0 Å². The summed E-state index contributed by atoms with van der Waals surface area (Å²) < 4.78 is 103. The van der Waals surface area contributed by atoms with Crippen LogP contribution in [0, 0.1) is 0 Å². The highest BCUT2D eigenvalue weighted by atomic mass is 32.2. The minimum absolute atomic E-state index is 0.0277. The predicted octanol–water partition coefficient (Wildman–Crippen LogP) is 7.79. The Labute approximate surface area is 317 Å². The molecule has 20 heteroatoms. The van der Waals surface area contributed by atoms with Crippen molar-refractivity contribution >= 4 is 104 Å². The second kappa shape index (κ2) is 14.3. The third-order valence-corrected chi connectivity index (χ3v) is 11.0. The number of allylic oxidation sites excluding steroid dienone is 1. The summed E-state index contributed by atoms with van der Waals surface area (Å²) in [6.45, 7) is 0. The van der Waals surface area contributed by atoms with E-state index in [0.29, 0.717) is 16.8 Å². The number of Topliss-reactive ketones (excluding diaryl/α,β-unsaturated/α-hetero) is 1. The van der Waals surface area contributed by atoms with Crippen molar-refractivity contribution in [1.82, 2.24) is 0 Å². The van der Waals surface area contributed by atoms with Gasteiger partial charge in [-0.3, -0.25) is 23.9 Å². The molecule has 0 radical (unpaired) electrons. The van der Waals surface area contributed by atoms with Crippen molar-refractivity contribution in [2.45, 2.75) is 9.79 Å². The van der Waals surface area contributed by atoms with Gasteiger partial charge in [-0.1, -0.05) is 36.4 Å². The fourth-order valence-corrected chi connectivity index (χ4v) is 7.44. The highest BCUT2D eigenvalue weighted by molar-refractivity contribution is 7.91. The maximum atomic E-state index is 13.4. The van der Waals surface area contributed by atoms with Crippen LogP contribution in [0.4, 0.5) is 34.1 Å². The van der Waals surface area contributed by atoms with Crippen LogP contribution in [0.1, 0.15) is 15.9 Å². The molecule has 0 amide bonds. The molecular weight excluding hydrogens is 787 g/mol. The molecule has 0 atom stereocenters. The molecule has 282 valence electrons. The SMILES string of the molecule is Nc1ccc2c(c1)C(=O)C(=NNc1ccc(N=Nc3ccc(N=Nc4ccccc4)c4ccc(S(=O)(=O)O)cc34)c3cc(S(=O)(=O)O)ccc13)C(S(=O)(=O)O)=C2. The van der Waals surface area contributed by atoms with Gasteiger partial charge in [0.25, 0.3) is 30.4 Å². The molecule has 0 heterocycles. The van der Waals surface area contributed by atoms with E-state index in [0.717, 1.165) is 18.2 Å². The smallest absolute Gasteiger partial charge is 0.296 e. The lowest BCUT2D eigenvalue weighted by Crippen LogP contribution is -2.27. The molecule has 0 fully saturated rings. The normalized spacial score (nSPS) is 14.5. The molecule has 1 aliphatic carbocycles. The molecule has 0 saturated carbocycles. The number of nitrogen functional groups attached to an aromatic ring is 1. The zero-order valence-corrected chi connectivity index (χ0v) is 30.7. The highest BCUT2D eigenvalue weighted by Crippen LogP contribution is 2.39. The number of azo groups is 2. The number of rotatable bonds is 9. The molecular formula is C36H25N7O10S3. The standard InChI is InChI=1S/C36H25N7O10S3/c37-21-7-6-20-16-34(56(51,52)53)35(36(44)27(20)17-21)43-42-31-13-15-33(29-19-24(55(48,49)50)9-11-26(29)31)41-40-32-14-12-30(39-38-22-4-2-1-3-5-22)25-10-8-23(18-28(25)32)54(45,46)47/h1-19,42H,37H2,(H,45,46,47)(H,48,49,50)(H,51,52,53). The van der Waals surface area contributed by atoms with E-state index in [1.807, 2.05) is 6.07 Å². The van der Waals surface area contributed by atoms with Crippen LogP contribution in [0.3, 0.4) is 0 Å². The highest BCUT2D eigenvalue weighted by Gasteiger charge is 2.33. The summed E-state index contributed by atoms with van der Waals surface area (Å²) in [6, 6.07) is 26.1. The van der Waals surface area contributed by atoms with Crippen LogP contribution in [-0.2, 0) is 30.4 Å². The first-order valence-corrected chi connectivity index (χ1v) is 20.2. The molecule has 1 aliphatic rings. The molecule has 0 bridgehead atoms. The number of ketones is 1. The Morgan fingerprint density at radius 2 is 1.11 bits per heavy atom. The Morgan fingerprint density at radius 1 is 0.554 bits per heavy atom. The van der Waals surface area contributed by atoms with E-state index < -0.39 is 56.5 Å². The number of carbonyl (C=O) groups excluding carboxylic acids is 1. The zero-order valence-electron chi connectivity index (χ0n) is 28.2. The van der Waals surface area contributed by atoms with Gasteiger partial charge in [0.2, 0.25) is 5.78 Å². The molecule has 0 spiro atoms. The second-order valence-electron chi connectivity index (χ2n) is 12.1. The number of nitrogens with two attached hydrogens (primary N) is 1. The van der Waals surface area contributed by atoms with Gasteiger partial charge in [-0.15, -0.1) is 15.3 Å². The first kappa shape index (κ1) is 37.8. The van der Waals surface area contributed by atoms with Gasteiger partial charge in [-0.05, 0) is 84.4 Å². The molecule has 6 N–H and O–H groups in total. The molecule has 6 aromatic carbocycles. The van der Waals surface area contributed by atoms with Gasteiger partial charge in [0.05, 0.1) is 38.2 Å². The fraction of sp³-hybridized carbons (Fsp3) is 0. The van der Waals surface area contributed by atoms with Crippen LogP contribution in [0.5, 0.6) is 0 Å². The maximum Gasteiger partial charge on any atom is 0.296 e. The minimum Gasteiger partial charge on any atom is -0.399 e. The Hall–Kier alpha value is -6.55. The number of nitrogens with zero attached hydrogens (tertiary/aromatic N) is 5. The van der Waals surface area contributed by atoms with E-state index in [1.54, 1.807) is 30.3 Å². The first-order valence-electron chi connectivity index (χ1n) is 15.9. The van der Waals surface area contributed by atoms with Crippen LogP contribution in [-0.4, -0.2) is 50.4 Å². The number of carbonyl (C=O) groups is 1. The van der Waals surface area contributed by atoms with Crippen molar-refractivity contribution in [1.29, 1.82) is 0 Å². The lowest BCUT2D eigenvalue weighted by Gasteiger charge is -2.17. The lowest BCUT2D eigenvalue weighted by molar-refractivity contribution is 0.106. The molecule has 6 aromatic rings. The molecule has 17 nitrogen and oxygen atoms in total. The minimum atomic E-state index is -4.96. The van der Waals surface area contributed by atoms with E-state index in [-0.39, 0.29) is 50.0 Å². The summed E-state index contributed by atoms with van der Waals surface area (Å²) in [5, 5.41) is 22.0. The Kier molecular flexibility index (Phi) is 9.62. The zero-order chi connectivity index (χ0) is 40.0. The predicted molar refractivity (Wildman–Crippen MR) is 208 cm³/mol. The third kappa shape index (κ3) is 7.68. The number of hydrazone groups is 1. The summed E-state index contributed by atoms with van der Waals surface area (Å²) >= 11 is 0. The van der Waals surface area contributed by atoms with Gasteiger partial charge in [-0.25, -0.2) is 0 Å². The number of hydrogen-bond donors (Lipinski definition) is 5. The van der Waals surface area contributed by atoms with E-state index in [9.17, 15) is 43.7 Å². The molecule has 0 saturated heterocycles. The van der Waals surface area contributed by atoms with Crippen LogP contribution in [0.25, 0.3) is 27.6 Å². The Bertz CT molecular complexity index is 3110. The Balaban J connectivity index is 1.33. The van der Waals surface area contributed by atoms with Crippen molar-refractivity contribution in [2.24, 2.45) is 25.6 Å². The average Bonchev–Trinajstić information content (AvgIpc) is 3.15. The van der Waals surface area contributed by atoms with Crippen LogP contribution >= 0.6 is 0 Å². The van der Waals surface area contributed by atoms with Gasteiger partial charge >= 0.3 is 0 Å². The monoisotopic (exact) mass is 811 g/mol. The van der Waals surface area contributed by atoms with Crippen molar-refractivity contribution in [2.75, 3.05) is 11.2 Å². The molecule has 0 unspecified atom stereocenters. The molecule has 56 heavy (non-hydrogen) atoms. The topological polar surface area (TPSA) is 280 Å². The largest absolute Gasteiger partial charge is 0.399 e. The summed E-state index contributed by atoms with van der Waals surface area (Å²) in [5.41, 5.74) is 9.33. The average molecular weight is 812 g/mol. The van der Waals surface area contributed by atoms with Crippen molar-refractivity contribution in [3.8, 4) is 0 Å². The van der Waals surface area contributed by atoms with Crippen molar-refractivity contribution < 1.29 is 43.7 Å².